The molecule has 1 unspecified atom stereocenters. The van der Waals surface area contributed by atoms with Crippen LogP contribution >= 0.6 is 15.9 Å². The van der Waals surface area contributed by atoms with Gasteiger partial charge in [0.15, 0.2) is 0 Å². The first-order chi connectivity index (χ1) is 7.22. The molecule has 1 atom stereocenters. The van der Waals surface area contributed by atoms with Crippen molar-refractivity contribution in [1.82, 2.24) is 4.98 Å². The average molecular weight is 271 g/mol. The third-order valence-corrected chi connectivity index (χ3v) is 3.34. The lowest BCUT2D eigenvalue weighted by Crippen LogP contribution is -2.28. The van der Waals surface area contributed by atoms with Crippen LogP contribution in [0.25, 0.3) is 0 Å². The van der Waals surface area contributed by atoms with Crippen LogP contribution in [0.1, 0.15) is 25.3 Å². The summed E-state index contributed by atoms with van der Waals surface area (Å²) in [7, 11) is 0. The Labute approximate surface area is 98.3 Å². The minimum Gasteiger partial charge on any atom is -0.392 e. The summed E-state index contributed by atoms with van der Waals surface area (Å²) < 4.78 is 0.919. The second-order valence-electron chi connectivity index (χ2n) is 3.98. The first-order valence-electron chi connectivity index (χ1n) is 5.24. The number of halogens is 1. The highest BCUT2D eigenvalue weighted by atomic mass is 79.9. The molecule has 0 spiro atoms. The second-order valence-corrected chi connectivity index (χ2v) is 4.89. The van der Waals surface area contributed by atoms with E-state index in [0.717, 1.165) is 22.4 Å². The number of pyridine rings is 1. The first kappa shape index (κ1) is 10.9. The van der Waals surface area contributed by atoms with E-state index in [-0.39, 0.29) is 6.61 Å². The van der Waals surface area contributed by atoms with Crippen molar-refractivity contribution in [3.8, 4) is 0 Å². The fraction of sp³-hybridized carbons (Fsp3) is 0.545. The number of rotatable bonds is 2. The summed E-state index contributed by atoms with van der Waals surface area (Å²) in [4.78, 5) is 6.68. The van der Waals surface area contributed by atoms with Crippen molar-refractivity contribution in [3.63, 3.8) is 0 Å². The number of aromatic nitrogens is 1. The zero-order chi connectivity index (χ0) is 10.8. The maximum absolute atomic E-state index is 9.30. The molecule has 15 heavy (non-hydrogen) atoms. The topological polar surface area (TPSA) is 36.4 Å². The maximum atomic E-state index is 9.30. The lowest BCUT2D eigenvalue weighted by molar-refractivity contribution is 0.281. The molecule has 1 aromatic heterocycles. The van der Waals surface area contributed by atoms with E-state index >= 15 is 0 Å². The van der Waals surface area contributed by atoms with Gasteiger partial charge in [-0.25, -0.2) is 4.98 Å². The molecule has 3 nitrogen and oxygen atoms in total. The van der Waals surface area contributed by atoms with E-state index < -0.39 is 0 Å². The predicted molar refractivity (Wildman–Crippen MR) is 63.9 cm³/mol. The molecule has 1 aliphatic heterocycles. The van der Waals surface area contributed by atoms with Gasteiger partial charge >= 0.3 is 0 Å². The van der Waals surface area contributed by atoms with E-state index in [0.29, 0.717) is 6.04 Å². The van der Waals surface area contributed by atoms with Crippen LogP contribution in [0.5, 0.6) is 0 Å². The van der Waals surface area contributed by atoms with Crippen LogP contribution < -0.4 is 4.90 Å². The molecule has 0 aromatic carbocycles. The monoisotopic (exact) mass is 270 g/mol. The summed E-state index contributed by atoms with van der Waals surface area (Å²) in [6.45, 7) is 3.30. The smallest absolute Gasteiger partial charge is 0.134 e. The van der Waals surface area contributed by atoms with Crippen molar-refractivity contribution in [2.75, 3.05) is 11.4 Å². The predicted octanol–water partition coefficient (Wildman–Crippen LogP) is 2.33. The molecular formula is C11H15BrN2O. The van der Waals surface area contributed by atoms with Crippen molar-refractivity contribution in [2.45, 2.75) is 32.4 Å². The third-order valence-electron chi connectivity index (χ3n) is 2.90. The van der Waals surface area contributed by atoms with Crippen LogP contribution in [0.3, 0.4) is 0 Å². The van der Waals surface area contributed by atoms with Crippen LogP contribution in [-0.4, -0.2) is 22.7 Å². The molecule has 1 aliphatic rings. The minimum atomic E-state index is 0.0466. The standard InChI is InChI=1S/C11H15BrN2O/c1-8-3-2-4-14(8)11-9(7-15)5-10(12)6-13-11/h5-6,8,15H,2-4,7H2,1H3. The molecule has 1 fully saturated rings. The fourth-order valence-electron chi connectivity index (χ4n) is 2.10. The van der Waals surface area contributed by atoms with Crippen molar-refractivity contribution >= 4 is 21.7 Å². The number of aliphatic hydroxyl groups is 1. The lowest BCUT2D eigenvalue weighted by Gasteiger charge is -2.24. The summed E-state index contributed by atoms with van der Waals surface area (Å²) in [5.74, 6) is 0.936. The lowest BCUT2D eigenvalue weighted by atomic mass is 10.2. The molecule has 0 aliphatic carbocycles. The van der Waals surface area contributed by atoms with Gasteiger partial charge in [0.25, 0.3) is 0 Å². The van der Waals surface area contributed by atoms with Crippen molar-refractivity contribution in [1.29, 1.82) is 0 Å². The van der Waals surface area contributed by atoms with Gasteiger partial charge in [-0.2, -0.15) is 0 Å². The Morgan fingerprint density at radius 3 is 3.07 bits per heavy atom. The zero-order valence-corrected chi connectivity index (χ0v) is 10.4. The maximum Gasteiger partial charge on any atom is 0.134 e. The molecule has 0 amide bonds. The molecule has 4 heteroatoms. The average Bonchev–Trinajstić information content (AvgIpc) is 2.64. The van der Waals surface area contributed by atoms with Gasteiger partial charge < -0.3 is 10.0 Å². The molecule has 0 bridgehead atoms. The van der Waals surface area contributed by atoms with Gasteiger partial charge in [-0.05, 0) is 41.8 Å². The summed E-state index contributed by atoms with van der Waals surface area (Å²) in [6.07, 6.45) is 4.21. The van der Waals surface area contributed by atoms with Crippen molar-refractivity contribution in [3.05, 3.63) is 22.3 Å². The Morgan fingerprint density at radius 2 is 2.47 bits per heavy atom. The van der Waals surface area contributed by atoms with Gasteiger partial charge in [0.05, 0.1) is 6.61 Å². The first-order valence-corrected chi connectivity index (χ1v) is 6.03. The highest BCUT2D eigenvalue weighted by Crippen LogP contribution is 2.28. The minimum absolute atomic E-state index is 0.0466. The third kappa shape index (κ3) is 2.16. The van der Waals surface area contributed by atoms with E-state index in [1.807, 2.05) is 6.07 Å². The van der Waals surface area contributed by atoms with Crippen LogP contribution in [0.4, 0.5) is 5.82 Å². The molecule has 0 radical (unpaired) electrons. The van der Waals surface area contributed by atoms with E-state index in [4.69, 9.17) is 0 Å². The molecule has 2 heterocycles. The molecule has 1 aromatic rings. The van der Waals surface area contributed by atoms with E-state index in [1.165, 1.54) is 12.8 Å². The zero-order valence-electron chi connectivity index (χ0n) is 8.78. The summed E-state index contributed by atoms with van der Waals surface area (Å²) in [5.41, 5.74) is 0.901. The van der Waals surface area contributed by atoms with Gasteiger partial charge in [-0.1, -0.05) is 0 Å². The number of hydrogen-bond acceptors (Lipinski definition) is 3. The second kappa shape index (κ2) is 4.49. The SMILES string of the molecule is CC1CCCN1c1ncc(Br)cc1CO. The van der Waals surface area contributed by atoms with E-state index in [9.17, 15) is 5.11 Å². The van der Waals surface area contributed by atoms with Crippen molar-refractivity contribution in [2.24, 2.45) is 0 Å². The van der Waals surface area contributed by atoms with Crippen LogP contribution in [0, 0.1) is 0 Å². The van der Waals surface area contributed by atoms with E-state index in [1.54, 1.807) is 6.20 Å². The molecule has 82 valence electrons. The Bertz CT molecular complexity index is 356. The number of hydrogen-bond donors (Lipinski definition) is 1. The largest absolute Gasteiger partial charge is 0.392 e. The van der Waals surface area contributed by atoms with Gasteiger partial charge in [0.1, 0.15) is 5.82 Å². The summed E-state index contributed by atoms with van der Waals surface area (Å²) in [5, 5.41) is 9.30. The van der Waals surface area contributed by atoms with Crippen LogP contribution in [0.2, 0.25) is 0 Å². The summed E-state index contributed by atoms with van der Waals surface area (Å²) in [6, 6.07) is 2.47. The Kier molecular flexibility index (Phi) is 3.26. The number of nitrogens with zero attached hydrogens (tertiary/aromatic N) is 2. The molecule has 1 saturated heterocycles. The summed E-state index contributed by atoms with van der Waals surface area (Å²) >= 11 is 3.37. The normalized spacial score (nSPS) is 21.0. The molecule has 0 saturated carbocycles. The Balaban J connectivity index is 2.34. The molecular weight excluding hydrogens is 256 g/mol. The van der Waals surface area contributed by atoms with Crippen LogP contribution in [-0.2, 0) is 6.61 Å². The van der Waals surface area contributed by atoms with Gasteiger partial charge in [-0.3, -0.25) is 0 Å². The van der Waals surface area contributed by atoms with Crippen molar-refractivity contribution < 1.29 is 5.11 Å². The fourth-order valence-corrected chi connectivity index (χ4v) is 2.48. The van der Waals surface area contributed by atoms with Gasteiger partial charge in [-0.15, -0.1) is 0 Å². The van der Waals surface area contributed by atoms with Gasteiger partial charge in [0.2, 0.25) is 0 Å². The van der Waals surface area contributed by atoms with E-state index in [2.05, 4.69) is 32.7 Å². The van der Waals surface area contributed by atoms with Gasteiger partial charge in [0, 0.05) is 28.8 Å². The quantitative estimate of drug-likeness (QED) is 0.896. The molecule has 2 rings (SSSR count). The Morgan fingerprint density at radius 1 is 1.67 bits per heavy atom. The highest BCUT2D eigenvalue weighted by molar-refractivity contribution is 9.10. The van der Waals surface area contributed by atoms with Crippen LogP contribution in [0.15, 0.2) is 16.7 Å². The Hall–Kier alpha value is -0.610. The number of anilines is 1. The molecule has 1 N–H and O–H groups in total. The highest BCUT2D eigenvalue weighted by Gasteiger charge is 2.23. The number of aliphatic hydroxyl groups excluding tert-OH is 1.